The molecule has 0 radical (unpaired) electrons. The molecule has 2 heterocycles. The number of carbonyl (C=O) groups is 2. The molecule has 2 N–H and O–H groups in total. The van der Waals surface area contributed by atoms with Crippen LogP contribution in [0.5, 0.6) is 0 Å². The lowest BCUT2D eigenvalue weighted by Crippen LogP contribution is -2.34. The second-order valence-corrected chi connectivity index (χ2v) is 6.29. The number of fused-ring (bicyclic) bond motifs is 1. The Balaban J connectivity index is 1.60. The van der Waals surface area contributed by atoms with Crippen LogP contribution in [-0.2, 0) is 11.2 Å². The molecule has 0 bridgehead atoms. The second-order valence-electron chi connectivity index (χ2n) is 6.29. The average molecular weight is 301 g/mol. The molecule has 2 aliphatic heterocycles. The van der Waals surface area contributed by atoms with Gasteiger partial charge in [-0.25, -0.2) is 0 Å². The summed E-state index contributed by atoms with van der Waals surface area (Å²) in [5, 5.41) is 6.24. The van der Waals surface area contributed by atoms with Gasteiger partial charge in [0.05, 0.1) is 0 Å². The Kier molecular flexibility index (Phi) is 4.43. The van der Waals surface area contributed by atoms with Gasteiger partial charge in [0, 0.05) is 31.3 Å². The monoisotopic (exact) mass is 301 g/mol. The molecule has 5 nitrogen and oxygen atoms in total. The van der Waals surface area contributed by atoms with Crippen LogP contribution >= 0.6 is 0 Å². The molecule has 1 atom stereocenters. The van der Waals surface area contributed by atoms with E-state index in [0.29, 0.717) is 17.9 Å². The maximum absolute atomic E-state index is 12.2. The van der Waals surface area contributed by atoms with Gasteiger partial charge in [0.15, 0.2) is 0 Å². The molecule has 1 fully saturated rings. The van der Waals surface area contributed by atoms with Gasteiger partial charge < -0.3 is 15.5 Å². The summed E-state index contributed by atoms with van der Waals surface area (Å²) in [5.41, 5.74) is 2.50. The summed E-state index contributed by atoms with van der Waals surface area (Å²) in [6, 6.07) is 5.66. The summed E-state index contributed by atoms with van der Waals surface area (Å²) in [4.78, 5) is 25.9. The number of hydrogen-bond acceptors (Lipinski definition) is 3. The van der Waals surface area contributed by atoms with Gasteiger partial charge >= 0.3 is 0 Å². The first-order chi connectivity index (χ1) is 10.6. The van der Waals surface area contributed by atoms with Crippen LogP contribution in [0.1, 0.15) is 35.2 Å². The summed E-state index contributed by atoms with van der Waals surface area (Å²) in [6.45, 7) is 2.84. The number of nitrogens with zero attached hydrogens (tertiary/aromatic N) is 1. The van der Waals surface area contributed by atoms with Gasteiger partial charge in [0.25, 0.3) is 5.91 Å². The van der Waals surface area contributed by atoms with E-state index in [4.69, 9.17) is 0 Å². The number of hydrogen-bond donors (Lipinski definition) is 2. The van der Waals surface area contributed by atoms with Crippen molar-refractivity contribution in [1.82, 2.24) is 10.2 Å². The smallest absolute Gasteiger partial charge is 0.253 e. The zero-order valence-corrected chi connectivity index (χ0v) is 13.0. The van der Waals surface area contributed by atoms with Crippen LogP contribution in [0.4, 0.5) is 5.69 Å². The number of likely N-dealkylation sites (N-methyl/N-ethyl adjacent to an activating group) is 1. The minimum absolute atomic E-state index is 0.0310. The van der Waals surface area contributed by atoms with Crippen LogP contribution in [0, 0.1) is 5.92 Å². The van der Waals surface area contributed by atoms with Gasteiger partial charge in [-0.05, 0) is 56.0 Å². The summed E-state index contributed by atoms with van der Waals surface area (Å²) in [7, 11) is 1.81. The first-order valence-electron chi connectivity index (χ1n) is 8.02. The molecule has 0 saturated carbocycles. The SMILES string of the molecule is CN1CCc2ccc(NC(=O)CCC3CCNC3)cc2C1=O. The topological polar surface area (TPSA) is 61.4 Å². The van der Waals surface area contributed by atoms with E-state index in [1.165, 1.54) is 0 Å². The van der Waals surface area contributed by atoms with E-state index in [2.05, 4.69) is 10.6 Å². The summed E-state index contributed by atoms with van der Waals surface area (Å²) in [5.74, 6) is 0.683. The molecule has 1 aromatic carbocycles. The Morgan fingerprint density at radius 3 is 3.09 bits per heavy atom. The van der Waals surface area contributed by atoms with Gasteiger partial charge in [0.1, 0.15) is 0 Å². The van der Waals surface area contributed by atoms with E-state index in [1.54, 1.807) is 4.90 Å². The molecule has 1 saturated heterocycles. The van der Waals surface area contributed by atoms with Crippen molar-refractivity contribution in [1.29, 1.82) is 0 Å². The fourth-order valence-corrected chi connectivity index (χ4v) is 3.19. The molecule has 118 valence electrons. The van der Waals surface area contributed by atoms with E-state index in [-0.39, 0.29) is 11.8 Å². The lowest BCUT2D eigenvalue weighted by Gasteiger charge is -2.25. The molecule has 0 aromatic heterocycles. The Morgan fingerprint density at radius 2 is 2.32 bits per heavy atom. The third-order valence-electron chi connectivity index (χ3n) is 4.63. The fourth-order valence-electron chi connectivity index (χ4n) is 3.19. The molecule has 5 heteroatoms. The van der Waals surface area contributed by atoms with Gasteiger partial charge in [0.2, 0.25) is 5.91 Å². The average Bonchev–Trinajstić information content (AvgIpc) is 3.03. The Hall–Kier alpha value is -1.88. The number of benzene rings is 1. The Labute approximate surface area is 131 Å². The van der Waals surface area contributed by atoms with Crippen LogP contribution in [0.2, 0.25) is 0 Å². The Bertz CT molecular complexity index is 579. The Morgan fingerprint density at radius 1 is 1.45 bits per heavy atom. The largest absolute Gasteiger partial charge is 0.341 e. The maximum Gasteiger partial charge on any atom is 0.253 e. The molecule has 22 heavy (non-hydrogen) atoms. The van der Waals surface area contributed by atoms with Crippen molar-refractivity contribution in [2.24, 2.45) is 5.92 Å². The molecular formula is C17H23N3O2. The third-order valence-corrected chi connectivity index (χ3v) is 4.63. The number of anilines is 1. The molecule has 3 rings (SSSR count). The zero-order valence-electron chi connectivity index (χ0n) is 13.0. The van der Waals surface area contributed by atoms with Gasteiger partial charge in [-0.3, -0.25) is 9.59 Å². The number of amides is 2. The van der Waals surface area contributed by atoms with Crippen molar-refractivity contribution >= 4 is 17.5 Å². The van der Waals surface area contributed by atoms with Crippen molar-refractivity contribution < 1.29 is 9.59 Å². The second kappa shape index (κ2) is 6.48. The fraction of sp³-hybridized carbons (Fsp3) is 0.529. The van der Waals surface area contributed by atoms with Crippen LogP contribution < -0.4 is 10.6 Å². The van der Waals surface area contributed by atoms with Crippen molar-refractivity contribution in [3.63, 3.8) is 0 Å². The molecule has 0 spiro atoms. The van der Waals surface area contributed by atoms with Crippen molar-refractivity contribution in [3.05, 3.63) is 29.3 Å². The quantitative estimate of drug-likeness (QED) is 0.889. The summed E-state index contributed by atoms with van der Waals surface area (Å²) >= 11 is 0. The number of rotatable bonds is 4. The highest BCUT2D eigenvalue weighted by Crippen LogP contribution is 2.22. The zero-order chi connectivity index (χ0) is 15.5. The number of carbonyl (C=O) groups excluding carboxylic acids is 2. The highest BCUT2D eigenvalue weighted by atomic mass is 16.2. The molecule has 2 amide bonds. The van der Waals surface area contributed by atoms with E-state index in [9.17, 15) is 9.59 Å². The van der Waals surface area contributed by atoms with Crippen LogP contribution in [0.3, 0.4) is 0 Å². The normalized spacial score (nSPS) is 20.9. The van der Waals surface area contributed by atoms with Crippen molar-refractivity contribution in [2.75, 3.05) is 32.0 Å². The van der Waals surface area contributed by atoms with Crippen molar-refractivity contribution in [3.8, 4) is 0 Å². The molecule has 1 aromatic rings. The standard InChI is InChI=1S/C17H23N3O2/c1-20-9-7-13-3-4-14(10-15(13)17(20)22)19-16(21)5-2-12-6-8-18-11-12/h3-4,10,12,18H,2,5-9,11H2,1H3,(H,19,21). The lowest BCUT2D eigenvalue weighted by atomic mass is 9.98. The predicted molar refractivity (Wildman–Crippen MR) is 85.9 cm³/mol. The van der Waals surface area contributed by atoms with E-state index in [0.717, 1.165) is 50.1 Å². The molecule has 0 aliphatic carbocycles. The van der Waals surface area contributed by atoms with E-state index < -0.39 is 0 Å². The minimum atomic E-state index is 0.0310. The van der Waals surface area contributed by atoms with E-state index in [1.807, 2.05) is 25.2 Å². The van der Waals surface area contributed by atoms with Crippen LogP contribution in [0.25, 0.3) is 0 Å². The van der Waals surface area contributed by atoms with E-state index >= 15 is 0 Å². The molecule has 2 aliphatic rings. The third kappa shape index (κ3) is 3.30. The first kappa shape index (κ1) is 15.0. The summed E-state index contributed by atoms with van der Waals surface area (Å²) < 4.78 is 0. The maximum atomic E-state index is 12.2. The van der Waals surface area contributed by atoms with Gasteiger partial charge in [-0.15, -0.1) is 0 Å². The summed E-state index contributed by atoms with van der Waals surface area (Å²) in [6.07, 6.45) is 3.50. The van der Waals surface area contributed by atoms with Crippen LogP contribution in [-0.4, -0.2) is 43.4 Å². The molecular weight excluding hydrogens is 278 g/mol. The van der Waals surface area contributed by atoms with Gasteiger partial charge in [-0.1, -0.05) is 6.07 Å². The molecule has 1 unspecified atom stereocenters. The first-order valence-corrected chi connectivity index (χ1v) is 8.02. The highest BCUT2D eigenvalue weighted by Gasteiger charge is 2.22. The lowest BCUT2D eigenvalue weighted by molar-refractivity contribution is -0.116. The predicted octanol–water partition coefficient (Wildman–Crippen LogP) is 1.64. The van der Waals surface area contributed by atoms with Crippen LogP contribution in [0.15, 0.2) is 18.2 Å². The number of nitrogens with one attached hydrogen (secondary N) is 2. The van der Waals surface area contributed by atoms with Crippen molar-refractivity contribution in [2.45, 2.75) is 25.7 Å². The van der Waals surface area contributed by atoms with Gasteiger partial charge in [-0.2, -0.15) is 0 Å². The highest BCUT2D eigenvalue weighted by molar-refractivity contribution is 5.99. The minimum Gasteiger partial charge on any atom is -0.341 e.